The summed E-state index contributed by atoms with van der Waals surface area (Å²) in [4.78, 5) is 11.9. The van der Waals surface area contributed by atoms with Crippen molar-refractivity contribution in [2.75, 3.05) is 51.3 Å². The molecule has 2 aromatic carbocycles. The topological polar surface area (TPSA) is 43.3 Å². The second-order valence-corrected chi connectivity index (χ2v) is 8.78. The predicted octanol–water partition coefficient (Wildman–Crippen LogP) is 3.34. The minimum atomic E-state index is 0. The largest absolute Gasteiger partial charge is 0.373 e. The van der Waals surface area contributed by atoms with Crippen molar-refractivity contribution >= 4 is 35.6 Å². The average Bonchev–Trinajstić information content (AvgIpc) is 3.51. The van der Waals surface area contributed by atoms with Crippen LogP contribution < -0.4 is 10.2 Å². The molecule has 0 amide bonds. The summed E-state index contributed by atoms with van der Waals surface area (Å²) in [6.07, 6.45) is 4.68. The number of benzene rings is 2. The van der Waals surface area contributed by atoms with Crippen molar-refractivity contribution in [3.63, 3.8) is 0 Å². The van der Waals surface area contributed by atoms with Crippen molar-refractivity contribution in [2.24, 2.45) is 4.99 Å². The Balaban J connectivity index is 0.00000259. The fraction of sp³-hybridized carbons (Fsp3) is 0.423. The Kier molecular flexibility index (Phi) is 8.27. The van der Waals surface area contributed by atoms with Gasteiger partial charge in [0.05, 0.1) is 18.8 Å². The van der Waals surface area contributed by atoms with Gasteiger partial charge in [-0.2, -0.15) is 0 Å². The maximum Gasteiger partial charge on any atom is 0.194 e. The lowest BCUT2D eigenvalue weighted by Crippen LogP contribution is -2.50. The molecule has 0 spiro atoms. The molecule has 0 aliphatic carbocycles. The van der Waals surface area contributed by atoms with E-state index in [-0.39, 0.29) is 30.1 Å². The molecule has 2 fully saturated rings. The Labute approximate surface area is 214 Å². The predicted molar refractivity (Wildman–Crippen MR) is 145 cm³/mol. The highest BCUT2D eigenvalue weighted by atomic mass is 127. The van der Waals surface area contributed by atoms with Gasteiger partial charge in [0.25, 0.3) is 0 Å². The summed E-state index contributed by atoms with van der Waals surface area (Å²) in [5, 5.41) is 3.59. The number of likely N-dealkylation sites (tertiary alicyclic amines) is 1. The van der Waals surface area contributed by atoms with Gasteiger partial charge in [-0.15, -0.1) is 24.0 Å². The van der Waals surface area contributed by atoms with Crippen molar-refractivity contribution in [1.29, 1.82) is 0 Å². The first-order chi connectivity index (χ1) is 15.8. The number of halogens is 1. The number of hydrogen-bond acceptors (Lipinski definition) is 4. The first kappa shape index (κ1) is 24.0. The molecular weight excluding hydrogens is 525 g/mol. The van der Waals surface area contributed by atoms with E-state index in [4.69, 9.17) is 4.74 Å². The van der Waals surface area contributed by atoms with Crippen LogP contribution in [0.25, 0.3) is 0 Å². The molecule has 0 radical (unpaired) electrons. The van der Waals surface area contributed by atoms with Crippen LogP contribution in [0.15, 0.2) is 71.7 Å². The fourth-order valence-corrected chi connectivity index (χ4v) is 5.01. The number of rotatable bonds is 5. The number of aliphatic imine (C=N–C) groups is 1. The number of morpholine rings is 1. The number of anilines is 1. The highest BCUT2D eigenvalue weighted by Crippen LogP contribution is 2.25. The monoisotopic (exact) mass is 559 g/mol. The third kappa shape index (κ3) is 5.70. The Morgan fingerprint density at radius 1 is 1.03 bits per heavy atom. The van der Waals surface area contributed by atoms with Crippen LogP contribution in [-0.4, -0.2) is 74.3 Å². The third-order valence-corrected chi connectivity index (χ3v) is 6.70. The molecule has 3 aliphatic heterocycles. The third-order valence-electron chi connectivity index (χ3n) is 6.70. The van der Waals surface area contributed by atoms with Crippen LogP contribution in [0.3, 0.4) is 0 Å². The Morgan fingerprint density at radius 3 is 2.61 bits per heavy atom. The van der Waals surface area contributed by atoms with Gasteiger partial charge in [0.2, 0.25) is 0 Å². The van der Waals surface area contributed by atoms with E-state index in [0.717, 1.165) is 58.4 Å². The van der Waals surface area contributed by atoms with Crippen LogP contribution in [0.1, 0.15) is 11.1 Å². The summed E-state index contributed by atoms with van der Waals surface area (Å²) < 4.78 is 6.15. The summed E-state index contributed by atoms with van der Waals surface area (Å²) >= 11 is 0. The summed E-state index contributed by atoms with van der Waals surface area (Å²) in [6.45, 7) is 7.33. The molecule has 33 heavy (non-hydrogen) atoms. The first-order valence-electron chi connectivity index (χ1n) is 11.6. The molecule has 2 unspecified atom stereocenters. The lowest BCUT2D eigenvalue weighted by molar-refractivity contribution is -0.0502. The van der Waals surface area contributed by atoms with Gasteiger partial charge in [-0.05, 0) is 23.3 Å². The molecule has 1 N–H and O–H groups in total. The van der Waals surface area contributed by atoms with Gasteiger partial charge in [-0.25, -0.2) is 0 Å². The van der Waals surface area contributed by atoms with E-state index in [0.29, 0.717) is 6.04 Å². The quantitative estimate of drug-likeness (QED) is 0.264. The molecule has 6 nitrogen and oxygen atoms in total. The zero-order valence-electron chi connectivity index (χ0n) is 19.3. The molecular formula is C26H34IN5O. The molecule has 0 bridgehead atoms. The van der Waals surface area contributed by atoms with Crippen molar-refractivity contribution in [2.45, 2.75) is 25.2 Å². The van der Waals surface area contributed by atoms with Gasteiger partial charge >= 0.3 is 0 Å². The Hall–Kier alpha value is -2.10. The van der Waals surface area contributed by atoms with Gasteiger partial charge in [0, 0.05) is 58.5 Å². The normalized spacial score (nSPS) is 22.9. The maximum atomic E-state index is 6.15. The molecule has 7 heteroatoms. The molecule has 2 saturated heterocycles. The average molecular weight is 559 g/mol. The lowest BCUT2D eigenvalue weighted by Gasteiger charge is -2.36. The van der Waals surface area contributed by atoms with E-state index < -0.39 is 0 Å². The van der Waals surface area contributed by atoms with E-state index in [1.165, 1.54) is 16.8 Å². The SMILES string of the molecule is CN=C(NCc1cccc(N2CC=CC2)c1)N1CC2OCCN(Cc3ccccc3)C2C1.I. The van der Waals surface area contributed by atoms with Crippen molar-refractivity contribution in [3.8, 4) is 0 Å². The molecule has 0 aromatic heterocycles. The highest BCUT2D eigenvalue weighted by Gasteiger charge is 2.41. The van der Waals surface area contributed by atoms with Crippen LogP contribution >= 0.6 is 24.0 Å². The van der Waals surface area contributed by atoms with Crippen molar-refractivity contribution in [3.05, 3.63) is 77.9 Å². The summed E-state index contributed by atoms with van der Waals surface area (Å²) in [7, 11) is 1.87. The fourth-order valence-electron chi connectivity index (χ4n) is 5.01. The van der Waals surface area contributed by atoms with Gasteiger partial charge < -0.3 is 19.9 Å². The number of ether oxygens (including phenoxy) is 1. The zero-order chi connectivity index (χ0) is 21.8. The Bertz CT molecular complexity index is 958. The summed E-state index contributed by atoms with van der Waals surface area (Å²) in [5.41, 5.74) is 3.91. The number of fused-ring (bicyclic) bond motifs is 1. The molecule has 3 heterocycles. The lowest BCUT2D eigenvalue weighted by atomic mass is 10.1. The van der Waals surface area contributed by atoms with Crippen LogP contribution in [0.4, 0.5) is 5.69 Å². The van der Waals surface area contributed by atoms with Crippen LogP contribution in [-0.2, 0) is 17.8 Å². The minimum absolute atomic E-state index is 0. The molecule has 2 atom stereocenters. The van der Waals surface area contributed by atoms with E-state index in [9.17, 15) is 0 Å². The first-order valence-corrected chi connectivity index (χ1v) is 11.6. The van der Waals surface area contributed by atoms with Crippen molar-refractivity contribution < 1.29 is 4.74 Å². The Morgan fingerprint density at radius 2 is 1.82 bits per heavy atom. The van der Waals surface area contributed by atoms with Gasteiger partial charge in [0.1, 0.15) is 0 Å². The zero-order valence-corrected chi connectivity index (χ0v) is 21.6. The summed E-state index contributed by atoms with van der Waals surface area (Å²) in [6, 6.07) is 19.9. The smallest absolute Gasteiger partial charge is 0.194 e. The molecule has 176 valence electrons. The van der Waals surface area contributed by atoms with Gasteiger partial charge in [-0.1, -0.05) is 54.6 Å². The second kappa shape index (κ2) is 11.4. The van der Waals surface area contributed by atoms with Gasteiger partial charge in [-0.3, -0.25) is 9.89 Å². The summed E-state index contributed by atoms with van der Waals surface area (Å²) in [5.74, 6) is 0.955. The minimum Gasteiger partial charge on any atom is -0.373 e. The molecule has 3 aliphatic rings. The molecule has 2 aromatic rings. The van der Waals surface area contributed by atoms with Crippen LogP contribution in [0.2, 0.25) is 0 Å². The van der Waals surface area contributed by atoms with Crippen molar-refractivity contribution in [1.82, 2.24) is 15.1 Å². The van der Waals surface area contributed by atoms with E-state index >= 15 is 0 Å². The standard InChI is InChI=1S/C26H33N5O.HI/c1-27-26(28-17-22-10-7-11-23(16-22)29-12-5-6-13-29)31-19-24-25(20-31)32-15-14-30(24)18-21-8-3-2-4-9-21;/h2-11,16,24-25H,12-15,17-20H2,1H3,(H,27,28);1H. The van der Waals surface area contributed by atoms with Crippen LogP contribution in [0.5, 0.6) is 0 Å². The number of nitrogens with one attached hydrogen (secondary N) is 1. The van der Waals surface area contributed by atoms with Crippen LogP contribution in [0, 0.1) is 0 Å². The second-order valence-electron chi connectivity index (χ2n) is 8.78. The molecule has 0 saturated carbocycles. The maximum absolute atomic E-state index is 6.15. The molecule has 5 rings (SSSR count). The number of hydrogen-bond donors (Lipinski definition) is 1. The van der Waals surface area contributed by atoms with Gasteiger partial charge in [0.15, 0.2) is 5.96 Å². The highest BCUT2D eigenvalue weighted by molar-refractivity contribution is 14.0. The number of guanidine groups is 1. The van der Waals surface area contributed by atoms with E-state index in [1.807, 2.05) is 7.05 Å². The number of nitrogens with zero attached hydrogens (tertiary/aromatic N) is 4. The van der Waals surface area contributed by atoms with E-state index in [1.54, 1.807) is 0 Å². The van der Waals surface area contributed by atoms with E-state index in [2.05, 4.69) is 91.8 Å².